The van der Waals surface area contributed by atoms with Crippen molar-refractivity contribution in [3.05, 3.63) is 0 Å². The summed E-state index contributed by atoms with van der Waals surface area (Å²) in [4.78, 5) is 0. The molecule has 2 heteroatoms. The van der Waals surface area contributed by atoms with Gasteiger partial charge in [-0.3, -0.25) is 0 Å². The van der Waals surface area contributed by atoms with Gasteiger partial charge in [0.1, 0.15) is 0 Å². The maximum Gasteiger partial charge on any atom is 0.165 e. The lowest BCUT2D eigenvalue weighted by Gasteiger charge is -2.31. The van der Waals surface area contributed by atoms with Gasteiger partial charge in [0.05, 0.1) is 0 Å². The lowest BCUT2D eigenvalue weighted by Crippen LogP contribution is -2.37. The highest BCUT2D eigenvalue weighted by Gasteiger charge is 2.31. The Labute approximate surface area is 107 Å². The molecule has 0 spiro atoms. The van der Waals surface area contributed by atoms with Crippen molar-refractivity contribution >= 4 is 0 Å². The fraction of sp³-hybridized carbons (Fsp3) is 1.00. The summed E-state index contributed by atoms with van der Waals surface area (Å²) in [5.74, 6) is -1.37. The van der Waals surface area contributed by atoms with Crippen LogP contribution in [0.5, 0.6) is 0 Å². The van der Waals surface area contributed by atoms with E-state index in [9.17, 15) is 10.2 Å². The lowest BCUT2D eigenvalue weighted by atomic mass is 9.86. The number of hydrogen-bond donors (Lipinski definition) is 2. The van der Waals surface area contributed by atoms with Crippen molar-refractivity contribution in [2.75, 3.05) is 0 Å². The van der Waals surface area contributed by atoms with Gasteiger partial charge in [0.15, 0.2) is 5.79 Å². The molecule has 2 N–H and O–H groups in total. The molecule has 0 aromatic rings. The Bertz CT molecular complexity index is 166. The summed E-state index contributed by atoms with van der Waals surface area (Å²) in [6.07, 6.45) is 10.5. The molecule has 0 fully saturated rings. The largest absolute Gasteiger partial charge is 0.365 e. The van der Waals surface area contributed by atoms with Gasteiger partial charge in [0, 0.05) is 12.3 Å². The van der Waals surface area contributed by atoms with Crippen LogP contribution in [-0.4, -0.2) is 16.0 Å². The molecule has 0 saturated heterocycles. The van der Waals surface area contributed by atoms with Gasteiger partial charge in [-0.15, -0.1) is 0 Å². The van der Waals surface area contributed by atoms with Crippen molar-refractivity contribution < 1.29 is 10.2 Å². The Morgan fingerprint density at radius 2 is 1.41 bits per heavy atom. The Kier molecular flexibility index (Phi) is 9.85. The lowest BCUT2D eigenvalue weighted by molar-refractivity contribution is -0.208. The van der Waals surface area contributed by atoms with Crippen molar-refractivity contribution in [1.82, 2.24) is 0 Å². The monoisotopic (exact) mass is 244 g/mol. The van der Waals surface area contributed by atoms with Gasteiger partial charge < -0.3 is 10.2 Å². The Morgan fingerprint density at radius 3 is 1.94 bits per heavy atom. The van der Waals surface area contributed by atoms with Crippen LogP contribution >= 0.6 is 0 Å². The Balaban J connectivity index is 3.96. The van der Waals surface area contributed by atoms with Gasteiger partial charge in [-0.2, -0.15) is 0 Å². The quantitative estimate of drug-likeness (QED) is 0.421. The van der Waals surface area contributed by atoms with Crippen LogP contribution in [0, 0.1) is 5.92 Å². The van der Waals surface area contributed by atoms with Gasteiger partial charge in [-0.05, 0) is 12.8 Å². The predicted molar refractivity (Wildman–Crippen MR) is 73.9 cm³/mol. The normalized spacial score (nSPS) is 13.9. The van der Waals surface area contributed by atoms with E-state index in [1.54, 1.807) is 0 Å². The van der Waals surface area contributed by atoms with Gasteiger partial charge in [0.25, 0.3) is 0 Å². The molecule has 0 heterocycles. The number of unbranched alkanes of at least 4 members (excludes halogenated alkanes) is 4. The highest BCUT2D eigenvalue weighted by molar-refractivity contribution is 4.75. The maximum atomic E-state index is 10.1. The minimum Gasteiger partial charge on any atom is -0.365 e. The zero-order valence-corrected chi connectivity index (χ0v) is 12.0. The number of aliphatic hydroxyl groups is 2. The summed E-state index contributed by atoms with van der Waals surface area (Å²) in [5.41, 5.74) is 0. The highest BCUT2D eigenvalue weighted by Crippen LogP contribution is 2.29. The van der Waals surface area contributed by atoms with Crippen molar-refractivity contribution in [3.8, 4) is 0 Å². The van der Waals surface area contributed by atoms with Crippen LogP contribution in [0.2, 0.25) is 0 Å². The predicted octanol–water partition coefficient (Wildman–Crippen LogP) is 4.24. The molecule has 0 saturated carbocycles. The van der Waals surface area contributed by atoms with Crippen molar-refractivity contribution in [2.45, 2.75) is 90.8 Å². The van der Waals surface area contributed by atoms with Gasteiger partial charge >= 0.3 is 0 Å². The molecule has 0 amide bonds. The van der Waals surface area contributed by atoms with Crippen LogP contribution in [0.3, 0.4) is 0 Å². The van der Waals surface area contributed by atoms with Crippen LogP contribution in [0.15, 0.2) is 0 Å². The zero-order chi connectivity index (χ0) is 13.1. The number of hydrogen-bond acceptors (Lipinski definition) is 2. The first-order chi connectivity index (χ1) is 8.08. The molecule has 1 unspecified atom stereocenters. The highest BCUT2D eigenvalue weighted by atomic mass is 16.5. The summed E-state index contributed by atoms with van der Waals surface area (Å²) in [5, 5.41) is 20.1. The van der Waals surface area contributed by atoms with Crippen molar-refractivity contribution in [2.24, 2.45) is 5.92 Å². The summed E-state index contributed by atoms with van der Waals surface area (Å²) < 4.78 is 0. The first kappa shape index (κ1) is 16.9. The summed E-state index contributed by atoms with van der Waals surface area (Å²) in [7, 11) is 0. The average molecular weight is 244 g/mol. The van der Waals surface area contributed by atoms with Crippen LogP contribution in [0.4, 0.5) is 0 Å². The minimum atomic E-state index is -1.44. The Morgan fingerprint density at radius 1 is 0.765 bits per heavy atom. The molecule has 0 aromatic heterocycles. The first-order valence-corrected chi connectivity index (χ1v) is 7.53. The fourth-order valence-corrected chi connectivity index (χ4v) is 2.52. The second-order valence-corrected chi connectivity index (χ2v) is 5.32. The van der Waals surface area contributed by atoms with E-state index in [1.165, 1.54) is 25.7 Å². The minimum absolute atomic E-state index is 0.0640. The van der Waals surface area contributed by atoms with E-state index in [0.717, 1.165) is 32.1 Å². The smallest absolute Gasteiger partial charge is 0.165 e. The van der Waals surface area contributed by atoms with E-state index in [4.69, 9.17) is 0 Å². The molecule has 0 aromatic carbocycles. The Hall–Kier alpha value is -0.0800. The van der Waals surface area contributed by atoms with Crippen LogP contribution < -0.4 is 0 Å². The molecule has 2 nitrogen and oxygen atoms in total. The topological polar surface area (TPSA) is 40.5 Å². The van der Waals surface area contributed by atoms with Gasteiger partial charge in [-0.1, -0.05) is 65.7 Å². The maximum absolute atomic E-state index is 10.1. The third kappa shape index (κ3) is 7.77. The molecule has 0 bridgehead atoms. The van der Waals surface area contributed by atoms with Crippen LogP contribution in [0.25, 0.3) is 0 Å². The van der Waals surface area contributed by atoms with Crippen molar-refractivity contribution in [3.63, 3.8) is 0 Å². The third-order valence-electron chi connectivity index (χ3n) is 3.57. The van der Waals surface area contributed by atoms with Crippen LogP contribution in [0.1, 0.15) is 85.0 Å². The molecular weight excluding hydrogens is 212 g/mol. The van der Waals surface area contributed by atoms with E-state index < -0.39 is 5.79 Å². The van der Waals surface area contributed by atoms with E-state index in [1.807, 2.05) is 6.92 Å². The standard InChI is InChI=1S/C15H32O2/c1-4-7-8-9-10-12-14(11-5-2)15(16,17)13-6-3/h14,16-17H,4-13H2,1-3H3. The van der Waals surface area contributed by atoms with Crippen LogP contribution in [-0.2, 0) is 0 Å². The molecular formula is C15H32O2. The van der Waals surface area contributed by atoms with E-state index in [-0.39, 0.29) is 5.92 Å². The number of rotatable bonds is 11. The molecule has 0 aliphatic heterocycles. The molecule has 0 radical (unpaired) electrons. The molecule has 0 rings (SSSR count). The molecule has 1 atom stereocenters. The van der Waals surface area contributed by atoms with Gasteiger partial charge in [-0.25, -0.2) is 0 Å². The SMILES string of the molecule is CCCCCCCC(CCC)C(O)(O)CCC. The van der Waals surface area contributed by atoms with E-state index in [2.05, 4.69) is 13.8 Å². The van der Waals surface area contributed by atoms with Crippen molar-refractivity contribution in [1.29, 1.82) is 0 Å². The second kappa shape index (κ2) is 9.90. The summed E-state index contributed by atoms with van der Waals surface area (Å²) >= 11 is 0. The zero-order valence-electron chi connectivity index (χ0n) is 12.0. The molecule has 17 heavy (non-hydrogen) atoms. The first-order valence-electron chi connectivity index (χ1n) is 7.53. The van der Waals surface area contributed by atoms with E-state index >= 15 is 0 Å². The molecule has 0 aliphatic carbocycles. The summed E-state index contributed by atoms with van der Waals surface area (Å²) in [6.45, 7) is 6.34. The molecule has 104 valence electrons. The summed E-state index contributed by atoms with van der Waals surface area (Å²) in [6, 6.07) is 0. The average Bonchev–Trinajstić information content (AvgIpc) is 2.27. The second-order valence-electron chi connectivity index (χ2n) is 5.32. The molecule has 0 aliphatic rings. The third-order valence-corrected chi connectivity index (χ3v) is 3.57. The van der Waals surface area contributed by atoms with E-state index in [0.29, 0.717) is 6.42 Å². The fourth-order valence-electron chi connectivity index (χ4n) is 2.52. The van der Waals surface area contributed by atoms with Gasteiger partial charge in [0.2, 0.25) is 0 Å².